The van der Waals surface area contributed by atoms with Crippen LogP contribution >= 0.6 is 0 Å². The summed E-state index contributed by atoms with van der Waals surface area (Å²) in [5, 5.41) is 10.9. The van der Waals surface area contributed by atoms with Gasteiger partial charge in [0, 0.05) is 12.5 Å². The molecule has 0 aromatic heterocycles. The van der Waals surface area contributed by atoms with Crippen LogP contribution in [0.25, 0.3) is 0 Å². The fourth-order valence-electron chi connectivity index (χ4n) is 1.60. The summed E-state index contributed by atoms with van der Waals surface area (Å²) in [6.07, 6.45) is 0.478. The molecule has 0 spiro atoms. The van der Waals surface area contributed by atoms with Gasteiger partial charge in [0.15, 0.2) is 0 Å². The lowest BCUT2D eigenvalue weighted by Crippen LogP contribution is -2.31. The van der Waals surface area contributed by atoms with Gasteiger partial charge in [0.25, 0.3) is 0 Å². The van der Waals surface area contributed by atoms with Crippen molar-refractivity contribution in [1.82, 2.24) is 5.32 Å². The smallest absolute Gasteiger partial charge is 0.303 e. The second-order valence-corrected chi connectivity index (χ2v) is 3.85. The maximum atomic E-state index is 13.4. The molecule has 1 atom stereocenters. The number of carboxylic acid groups (broad SMARTS) is 1. The highest BCUT2D eigenvalue weighted by Crippen LogP contribution is 2.13. The van der Waals surface area contributed by atoms with E-state index in [0.29, 0.717) is 6.41 Å². The molecule has 0 aliphatic carbocycles. The first-order valence-electron chi connectivity index (χ1n) is 5.38. The van der Waals surface area contributed by atoms with Crippen molar-refractivity contribution in [2.24, 2.45) is 0 Å². The van der Waals surface area contributed by atoms with Crippen LogP contribution in [-0.2, 0) is 16.0 Å². The number of carbonyl (C=O) groups excluding carboxylic acids is 1. The first-order chi connectivity index (χ1) is 8.52. The zero-order valence-corrected chi connectivity index (χ0v) is 9.53. The average molecular weight is 257 g/mol. The van der Waals surface area contributed by atoms with Crippen molar-refractivity contribution in [1.29, 1.82) is 0 Å². The topological polar surface area (TPSA) is 66.4 Å². The molecular formula is C12H13F2NO3. The number of amides is 1. The fraction of sp³-hybridized carbons (Fsp3) is 0.333. The van der Waals surface area contributed by atoms with E-state index in [2.05, 4.69) is 5.32 Å². The minimum Gasteiger partial charge on any atom is -0.481 e. The van der Waals surface area contributed by atoms with Crippen molar-refractivity contribution in [3.8, 4) is 0 Å². The van der Waals surface area contributed by atoms with Crippen LogP contribution in [0, 0.1) is 11.6 Å². The highest BCUT2D eigenvalue weighted by molar-refractivity contribution is 5.66. The van der Waals surface area contributed by atoms with Crippen molar-refractivity contribution in [2.45, 2.75) is 25.3 Å². The number of hydrogen-bond donors (Lipinski definition) is 2. The predicted molar refractivity (Wildman–Crippen MR) is 59.9 cm³/mol. The molecule has 0 fully saturated rings. The highest BCUT2D eigenvalue weighted by Gasteiger charge is 2.14. The number of nitrogens with one attached hydrogen (secondary N) is 1. The summed E-state index contributed by atoms with van der Waals surface area (Å²) < 4.78 is 26.3. The number of carbonyl (C=O) groups is 2. The van der Waals surface area contributed by atoms with E-state index in [-0.39, 0.29) is 24.8 Å². The lowest BCUT2D eigenvalue weighted by molar-refractivity contribution is -0.137. The molecule has 6 heteroatoms. The summed E-state index contributed by atoms with van der Waals surface area (Å²) in [7, 11) is 0. The Kier molecular flexibility index (Phi) is 5.23. The summed E-state index contributed by atoms with van der Waals surface area (Å²) in [5.74, 6) is -2.16. The molecule has 1 unspecified atom stereocenters. The van der Waals surface area contributed by atoms with Crippen LogP contribution in [0.3, 0.4) is 0 Å². The molecule has 0 saturated heterocycles. The Morgan fingerprint density at radius 1 is 1.44 bits per heavy atom. The maximum Gasteiger partial charge on any atom is 0.303 e. The Labute approximate surface area is 103 Å². The normalized spacial score (nSPS) is 11.9. The van der Waals surface area contributed by atoms with E-state index >= 15 is 0 Å². The summed E-state index contributed by atoms with van der Waals surface area (Å²) >= 11 is 0. The van der Waals surface area contributed by atoms with E-state index in [1.807, 2.05) is 0 Å². The van der Waals surface area contributed by atoms with Gasteiger partial charge in [-0.1, -0.05) is 0 Å². The van der Waals surface area contributed by atoms with Gasteiger partial charge in [-0.3, -0.25) is 9.59 Å². The van der Waals surface area contributed by atoms with Crippen LogP contribution in [0.1, 0.15) is 18.4 Å². The van der Waals surface area contributed by atoms with Gasteiger partial charge in [-0.05, 0) is 36.6 Å². The number of halogens is 2. The van der Waals surface area contributed by atoms with E-state index < -0.39 is 23.6 Å². The molecule has 1 aromatic rings. The molecule has 98 valence electrons. The van der Waals surface area contributed by atoms with E-state index in [1.165, 1.54) is 0 Å². The number of hydrogen-bond acceptors (Lipinski definition) is 2. The van der Waals surface area contributed by atoms with Gasteiger partial charge in [0.1, 0.15) is 11.6 Å². The Bertz CT molecular complexity index is 437. The molecule has 2 N–H and O–H groups in total. The first kappa shape index (κ1) is 14.1. The monoisotopic (exact) mass is 257 g/mol. The lowest BCUT2D eigenvalue weighted by Gasteiger charge is -2.15. The van der Waals surface area contributed by atoms with Crippen LogP contribution in [0.4, 0.5) is 8.78 Å². The standard InChI is InChI=1S/C12H13F2NO3/c13-9-1-3-11(14)8(5-9)6-10(15-7-16)2-4-12(17)18/h1,3,5,7,10H,2,4,6H2,(H,15,16)(H,17,18). The molecule has 18 heavy (non-hydrogen) atoms. The predicted octanol–water partition coefficient (Wildman–Crippen LogP) is 1.49. The minimum atomic E-state index is -1.01. The second-order valence-electron chi connectivity index (χ2n) is 3.85. The third-order valence-corrected chi connectivity index (χ3v) is 2.48. The Morgan fingerprint density at radius 2 is 2.17 bits per heavy atom. The van der Waals surface area contributed by atoms with Crippen molar-refractivity contribution in [3.63, 3.8) is 0 Å². The largest absolute Gasteiger partial charge is 0.481 e. The molecule has 1 aromatic carbocycles. The van der Waals surface area contributed by atoms with Crippen LogP contribution in [0.2, 0.25) is 0 Å². The van der Waals surface area contributed by atoms with Gasteiger partial charge in [-0.15, -0.1) is 0 Å². The van der Waals surface area contributed by atoms with Gasteiger partial charge < -0.3 is 10.4 Å². The number of aliphatic carboxylic acids is 1. The van der Waals surface area contributed by atoms with Crippen molar-refractivity contribution >= 4 is 12.4 Å². The van der Waals surface area contributed by atoms with Crippen molar-refractivity contribution in [3.05, 3.63) is 35.4 Å². The van der Waals surface area contributed by atoms with Crippen LogP contribution in [0.15, 0.2) is 18.2 Å². The fourth-order valence-corrected chi connectivity index (χ4v) is 1.60. The second kappa shape index (κ2) is 6.68. The molecule has 0 saturated carbocycles. The third-order valence-electron chi connectivity index (χ3n) is 2.48. The average Bonchev–Trinajstić information content (AvgIpc) is 2.31. The molecule has 0 bridgehead atoms. The summed E-state index contributed by atoms with van der Waals surface area (Å²) in [5.41, 5.74) is 0.111. The number of rotatable bonds is 7. The SMILES string of the molecule is O=CNC(CCC(=O)O)Cc1cc(F)ccc1F. The minimum absolute atomic E-state index is 0.0512. The Balaban J connectivity index is 2.72. The first-order valence-corrected chi connectivity index (χ1v) is 5.38. The summed E-state index contributed by atoms with van der Waals surface area (Å²) in [6.45, 7) is 0. The van der Waals surface area contributed by atoms with E-state index in [4.69, 9.17) is 5.11 Å². The lowest BCUT2D eigenvalue weighted by atomic mass is 10.0. The van der Waals surface area contributed by atoms with Crippen LogP contribution < -0.4 is 5.32 Å². The molecule has 0 radical (unpaired) electrons. The summed E-state index contributed by atoms with van der Waals surface area (Å²) in [4.78, 5) is 20.8. The number of benzene rings is 1. The zero-order valence-electron chi connectivity index (χ0n) is 9.53. The molecule has 0 aliphatic rings. The van der Waals surface area contributed by atoms with Crippen LogP contribution in [0.5, 0.6) is 0 Å². The van der Waals surface area contributed by atoms with Crippen LogP contribution in [-0.4, -0.2) is 23.5 Å². The van der Waals surface area contributed by atoms with E-state index in [1.54, 1.807) is 0 Å². The molecule has 0 heterocycles. The molecule has 1 rings (SSSR count). The molecule has 1 amide bonds. The quantitative estimate of drug-likeness (QED) is 0.727. The molecule has 4 nitrogen and oxygen atoms in total. The number of carboxylic acids is 1. The van der Waals surface area contributed by atoms with Crippen molar-refractivity contribution < 1.29 is 23.5 Å². The third kappa shape index (κ3) is 4.48. The molecule has 0 aliphatic heterocycles. The highest BCUT2D eigenvalue weighted by atomic mass is 19.1. The van der Waals surface area contributed by atoms with Crippen molar-refractivity contribution in [2.75, 3.05) is 0 Å². The van der Waals surface area contributed by atoms with Gasteiger partial charge in [0.2, 0.25) is 6.41 Å². The Morgan fingerprint density at radius 3 is 2.78 bits per heavy atom. The summed E-state index contributed by atoms with van der Waals surface area (Å²) in [6, 6.07) is 2.50. The van der Waals surface area contributed by atoms with E-state index in [0.717, 1.165) is 18.2 Å². The van der Waals surface area contributed by atoms with E-state index in [9.17, 15) is 18.4 Å². The zero-order chi connectivity index (χ0) is 13.5. The van der Waals surface area contributed by atoms with Gasteiger partial charge in [-0.25, -0.2) is 8.78 Å². The van der Waals surface area contributed by atoms with Gasteiger partial charge >= 0.3 is 5.97 Å². The maximum absolute atomic E-state index is 13.4. The van der Waals surface area contributed by atoms with Gasteiger partial charge in [-0.2, -0.15) is 0 Å². The molecular weight excluding hydrogens is 244 g/mol. The van der Waals surface area contributed by atoms with Gasteiger partial charge in [0.05, 0.1) is 0 Å². The Hall–Kier alpha value is -1.98.